The molecular formula is C15H27NO5. The predicted octanol–water partition coefficient (Wildman–Crippen LogP) is 1.95. The minimum atomic E-state index is -0.853. The van der Waals surface area contributed by atoms with E-state index < -0.39 is 29.2 Å². The van der Waals surface area contributed by atoms with E-state index in [1.807, 2.05) is 0 Å². The van der Waals surface area contributed by atoms with Crippen LogP contribution in [0.25, 0.3) is 0 Å². The summed E-state index contributed by atoms with van der Waals surface area (Å²) in [6.07, 6.45) is 0.171. The summed E-state index contributed by atoms with van der Waals surface area (Å²) in [4.78, 5) is 34.8. The third kappa shape index (κ3) is 10.8. The van der Waals surface area contributed by atoms with Crippen LogP contribution in [-0.4, -0.2) is 35.1 Å². The number of carbonyl (C=O) groups excluding carboxylic acids is 3. The summed E-state index contributed by atoms with van der Waals surface area (Å²) < 4.78 is 10.4. The number of esters is 2. The Balaban J connectivity index is 4.60. The lowest BCUT2D eigenvalue weighted by Crippen LogP contribution is -2.43. The molecule has 0 saturated heterocycles. The van der Waals surface area contributed by atoms with Gasteiger partial charge < -0.3 is 14.8 Å². The highest BCUT2D eigenvalue weighted by Crippen LogP contribution is 2.13. The molecular weight excluding hydrogens is 274 g/mol. The lowest BCUT2D eigenvalue weighted by Gasteiger charge is -2.24. The first-order chi connectivity index (χ1) is 9.30. The summed E-state index contributed by atoms with van der Waals surface area (Å²) in [5.74, 6) is -1.32. The van der Waals surface area contributed by atoms with Crippen LogP contribution < -0.4 is 5.32 Å². The average Bonchev–Trinajstić information content (AvgIpc) is 2.18. The highest BCUT2D eigenvalue weighted by atomic mass is 16.6. The van der Waals surface area contributed by atoms with Crippen molar-refractivity contribution < 1.29 is 23.9 Å². The van der Waals surface area contributed by atoms with Gasteiger partial charge in [-0.1, -0.05) is 0 Å². The Kier molecular flexibility index (Phi) is 6.86. The van der Waals surface area contributed by atoms with Gasteiger partial charge in [-0.15, -0.1) is 0 Å². The second-order valence-electron chi connectivity index (χ2n) is 6.91. The fourth-order valence-electron chi connectivity index (χ4n) is 1.52. The Labute approximate surface area is 126 Å². The van der Waals surface area contributed by atoms with E-state index >= 15 is 0 Å². The smallest absolute Gasteiger partial charge is 0.329 e. The van der Waals surface area contributed by atoms with Crippen LogP contribution in [0.15, 0.2) is 0 Å². The second kappa shape index (κ2) is 7.43. The topological polar surface area (TPSA) is 81.7 Å². The van der Waals surface area contributed by atoms with Crippen LogP contribution >= 0.6 is 0 Å². The molecule has 0 aromatic rings. The van der Waals surface area contributed by atoms with Crippen LogP contribution in [-0.2, 0) is 23.9 Å². The first-order valence-corrected chi connectivity index (χ1v) is 7.02. The van der Waals surface area contributed by atoms with Gasteiger partial charge in [0.05, 0.1) is 0 Å². The lowest BCUT2D eigenvalue weighted by molar-refractivity contribution is -0.160. The molecule has 0 bridgehead atoms. The molecule has 1 N–H and O–H groups in total. The molecule has 0 aliphatic carbocycles. The summed E-state index contributed by atoms with van der Waals surface area (Å²) in [5, 5.41) is 2.50. The van der Waals surface area contributed by atoms with Crippen LogP contribution in [0.5, 0.6) is 0 Å². The van der Waals surface area contributed by atoms with Crippen molar-refractivity contribution in [2.24, 2.45) is 0 Å². The molecule has 1 amide bonds. The van der Waals surface area contributed by atoms with Crippen molar-refractivity contribution in [2.75, 3.05) is 0 Å². The molecule has 0 rings (SSSR count). The number of hydrogen-bond donors (Lipinski definition) is 1. The molecule has 0 unspecified atom stereocenters. The molecule has 0 radical (unpaired) electrons. The Morgan fingerprint density at radius 3 is 1.81 bits per heavy atom. The lowest BCUT2D eigenvalue weighted by atomic mass is 10.1. The highest BCUT2D eigenvalue weighted by molar-refractivity contribution is 5.84. The van der Waals surface area contributed by atoms with E-state index in [2.05, 4.69) is 5.32 Å². The Morgan fingerprint density at radius 2 is 1.43 bits per heavy atom. The van der Waals surface area contributed by atoms with Crippen molar-refractivity contribution in [3.8, 4) is 0 Å². The van der Waals surface area contributed by atoms with Gasteiger partial charge in [0.1, 0.15) is 17.2 Å². The molecule has 6 heteroatoms. The third-order valence-corrected chi connectivity index (χ3v) is 2.13. The standard InChI is InChI=1S/C15H27NO5/c1-10(17)16-11(13(19)21-15(5,6)7)8-9-12(18)20-14(2,3)4/h11H,8-9H2,1-7H3,(H,16,17)/t11-/m0/s1. The van der Waals surface area contributed by atoms with Crippen molar-refractivity contribution in [3.05, 3.63) is 0 Å². The van der Waals surface area contributed by atoms with Gasteiger partial charge in [0.2, 0.25) is 5.91 Å². The van der Waals surface area contributed by atoms with E-state index in [9.17, 15) is 14.4 Å². The minimum absolute atomic E-state index is 0.0292. The van der Waals surface area contributed by atoms with Gasteiger partial charge in [0, 0.05) is 13.3 Å². The molecule has 1 atom stereocenters. The Bertz CT molecular complexity index is 390. The van der Waals surface area contributed by atoms with Crippen molar-refractivity contribution in [2.45, 2.75) is 78.6 Å². The summed E-state index contributed by atoms with van der Waals surface area (Å²) in [6, 6.07) is -0.853. The largest absolute Gasteiger partial charge is 0.460 e. The predicted molar refractivity (Wildman–Crippen MR) is 78.5 cm³/mol. The van der Waals surface area contributed by atoms with Gasteiger partial charge in [-0.25, -0.2) is 4.79 Å². The quantitative estimate of drug-likeness (QED) is 0.785. The minimum Gasteiger partial charge on any atom is -0.460 e. The SMILES string of the molecule is CC(=O)N[C@@H](CCC(=O)OC(C)(C)C)C(=O)OC(C)(C)C. The average molecular weight is 301 g/mol. The van der Waals surface area contributed by atoms with Crippen LogP contribution in [0.4, 0.5) is 0 Å². The monoisotopic (exact) mass is 301 g/mol. The van der Waals surface area contributed by atoms with Crippen LogP contribution in [0, 0.1) is 0 Å². The number of ether oxygens (including phenoxy) is 2. The van der Waals surface area contributed by atoms with Gasteiger partial charge >= 0.3 is 11.9 Å². The van der Waals surface area contributed by atoms with E-state index in [1.54, 1.807) is 41.5 Å². The van der Waals surface area contributed by atoms with Gasteiger partial charge in [-0.2, -0.15) is 0 Å². The van der Waals surface area contributed by atoms with E-state index in [1.165, 1.54) is 6.92 Å². The van der Waals surface area contributed by atoms with Crippen LogP contribution in [0.2, 0.25) is 0 Å². The molecule has 0 aliphatic heterocycles. The summed E-state index contributed by atoms with van der Waals surface area (Å²) >= 11 is 0. The number of rotatable bonds is 5. The maximum absolute atomic E-state index is 12.0. The zero-order valence-corrected chi connectivity index (χ0v) is 14.0. The number of nitrogens with one attached hydrogen (secondary N) is 1. The molecule has 122 valence electrons. The molecule has 0 fully saturated rings. The highest BCUT2D eigenvalue weighted by Gasteiger charge is 2.27. The zero-order valence-electron chi connectivity index (χ0n) is 14.0. The van der Waals surface area contributed by atoms with Crippen molar-refractivity contribution >= 4 is 17.8 Å². The molecule has 0 aromatic carbocycles. The molecule has 0 saturated carbocycles. The summed E-state index contributed by atoms with van der Waals surface area (Å²) in [7, 11) is 0. The number of carbonyl (C=O) groups is 3. The molecule has 0 aliphatic rings. The van der Waals surface area contributed by atoms with Gasteiger partial charge in [0.15, 0.2) is 0 Å². The molecule has 21 heavy (non-hydrogen) atoms. The fraction of sp³-hybridized carbons (Fsp3) is 0.800. The normalized spacial score (nSPS) is 13.3. The van der Waals surface area contributed by atoms with Gasteiger partial charge in [0.25, 0.3) is 0 Å². The molecule has 0 heterocycles. The number of amides is 1. The van der Waals surface area contributed by atoms with Gasteiger partial charge in [-0.05, 0) is 48.0 Å². The second-order valence-corrected chi connectivity index (χ2v) is 6.91. The van der Waals surface area contributed by atoms with E-state index in [4.69, 9.17) is 9.47 Å². The Morgan fingerprint density at radius 1 is 0.952 bits per heavy atom. The first-order valence-electron chi connectivity index (χ1n) is 7.02. The summed E-state index contributed by atoms with van der Waals surface area (Å²) in [5.41, 5.74) is -1.23. The van der Waals surface area contributed by atoms with E-state index in [0.29, 0.717) is 0 Å². The molecule has 0 aromatic heterocycles. The maximum atomic E-state index is 12.0. The maximum Gasteiger partial charge on any atom is 0.329 e. The first kappa shape index (κ1) is 19.4. The Hall–Kier alpha value is -1.59. The van der Waals surface area contributed by atoms with E-state index in [-0.39, 0.29) is 18.7 Å². The van der Waals surface area contributed by atoms with E-state index in [0.717, 1.165) is 0 Å². The molecule has 0 spiro atoms. The third-order valence-electron chi connectivity index (χ3n) is 2.13. The van der Waals surface area contributed by atoms with Crippen molar-refractivity contribution in [1.82, 2.24) is 5.32 Å². The number of hydrogen-bond acceptors (Lipinski definition) is 5. The van der Waals surface area contributed by atoms with Crippen LogP contribution in [0.1, 0.15) is 61.3 Å². The summed E-state index contributed by atoms with van der Waals surface area (Å²) in [6.45, 7) is 11.8. The van der Waals surface area contributed by atoms with Crippen molar-refractivity contribution in [3.63, 3.8) is 0 Å². The van der Waals surface area contributed by atoms with Crippen LogP contribution in [0.3, 0.4) is 0 Å². The molecule has 6 nitrogen and oxygen atoms in total. The fourth-order valence-corrected chi connectivity index (χ4v) is 1.52. The van der Waals surface area contributed by atoms with Gasteiger partial charge in [-0.3, -0.25) is 9.59 Å². The van der Waals surface area contributed by atoms with Crippen molar-refractivity contribution in [1.29, 1.82) is 0 Å². The zero-order chi connectivity index (χ0) is 16.8.